The fraction of sp³-hybridized carbons (Fsp3) is 0.486. The number of nitrogens with zero attached hydrogens (tertiary/aromatic N) is 2. The van der Waals surface area contributed by atoms with E-state index in [0.29, 0.717) is 30.9 Å². The zero-order valence-electron chi connectivity index (χ0n) is 24.6. The Morgan fingerprint density at radius 1 is 1.10 bits per heavy atom. The van der Waals surface area contributed by atoms with Crippen LogP contribution in [0.15, 0.2) is 72.3 Å². The SMILES string of the molecule is C=CCN(C(=O)OCc1ccc(C)cc1)C1CCN(CC2C/C(=C(\CC3CC3)C(=O)O)CC2c2cccc(F)c2)CC1. The predicted octanol–water partition coefficient (Wildman–Crippen LogP) is 7.10. The molecule has 2 unspecified atom stereocenters. The number of benzene rings is 2. The highest BCUT2D eigenvalue weighted by Crippen LogP contribution is 2.47. The predicted molar refractivity (Wildman–Crippen MR) is 162 cm³/mol. The number of carbonyl (C=O) groups excluding carboxylic acids is 1. The first-order valence-corrected chi connectivity index (χ1v) is 15.3. The largest absolute Gasteiger partial charge is 0.478 e. The van der Waals surface area contributed by atoms with E-state index in [1.54, 1.807) is 23.1 Å². The maximum absolute atomic E-state index is 14.2. The van der Waals surface area contributed by atoms with E-state index >= 15 is 0 Å². The summed E-state index contributed by atoms with van der Waals surface area (Å²) in [6, 6.07) is 14.9. The van der Waals surface area contributed by atoms with Gasteiger partial charge < -0.3 is 19.6 Å². The van der Waals surface area contributed by atoms with Gasteiger partial charge in [0, 0.05) is 37.8 Å². The average molecular weight is 575 g/mol. The molecule has 224 valence electrons. The van der Waals surface area contributed by atoms with Crippen LogP contribution in [0.2, 0.25) is 0 Å². The highest BCUT2D eigenvalue weighted by molar-refractivity contribution is 5.87. The lowest BCUT2D eigenvalue weighted by molar-refractivity contribution is -0.132. The Morgan fingerprint density at radius 2 is 1.83 bits per heavy atom. The van der Waals surface area contributed by atoms with Crippen molar-refractivity contribution in [1.82, 2.24) is 9.80 Å². The summed E-state index contributed by atoms with van der Waals surface area (Å²) in [4.78, 5) is 29.5. The van der Waals surface area contributed by atoms with Gasteiger partial charge in [-0.15, -0.1) is 6.58 Å². The van der Waals surface area contributed by atoms with Gasteiger partial charge in [-0.25, -0.2) is 14.0 Å². The molecule has 1 aliphatic heterocycles. The zero-order valence-corrected chi connectivity index (χ0v) is 24.6. The molecule has 5 rings (SSSR count). The number of piperidine rings is 1. The van der Waals surface area contributed by atoms with Gasteiger partial charge in [0.2, 0.25) is 0 Å². The number of carboxylic acid groups (broad SMARTS) is 1. The second-order valence-electron chi connectivity index (χ2n) is 12.4. The van der Waals surface area contributed by atoms with E-state index in [0.717, 1.165) is 74.0 Å². The maximum atomic E-state index is 14.2. The molecule has 3 aliphatic rings. The summed E-state index contributed by atoms with van der Waals surface area (Å²) in [5, 5.41) is 10.0. The molecule has 2 aliphatic carbocycles. The quantitative estimate of drug-likeness (QED) is 0.229. The Bertz CT molecular complexity index is 1290. The van der Waals surface area contributed by atoms with Crippen molar-refractivity contribution >= 4 is 12.1 Å². The lowest BCUT2D eigenvalue weighted by Crippen LogP contribution is -2.48. The second kappa shape index (κ2) is 13.7. The normalized spacial score (nSPS) is 22.5. The van der Waals surface area contributed by atoms with Crippen molar-refractivity contribution in [3.05, 3.63) is 94.8 Å². The van der Waals surface area contributed by atoms with Crippen LogP contribution < -0.4 is 0 Å². The minimum atomic E-state index is -0.798. The Balaban J connectivity index is 1.22. The molecule has 1 amide bonds. The van der Waals surface area contributed by atoms with Gasteiger partial charge in [-0.3, -0.25) is 0 Å². The first-order valence-electron chi connectivity index (χ1n) is 15.3. The van der Waals surface area contributed by atoms with Crippen LogP contribution in [0.1, 0.15) is 67.6 Å². The van der Waals surface area contributed by atoms with E-state index in [4.69, 9.17) is 4.74 Å². The molecule has 6 nitrogen and oxygen atoms in total. The maximum Gasteiger partial charge on any atom is 0.410 e. The number of allylic oxidation sites excluding steroid dienone is 1. The van der Waals surface area contributed by atoms with Gasteiger partial charge in [-0.05, 0) is 92.9 Å². The fourth-order valence-corrected chi connectivity index (χ4v) is 6.70. The molecule has 0 spiro atoms. The van der Waals surface area contributed by atoms with E-state index in [2.05, 4.69) is 11.5 Å². The molecule has 0 aromatic heterocycles. The standard InChI is InChI=1S/C35H43FN2O4/c1-3-15-38(35(41)42-23-26-9-7-24(2)8-10-26)31-13-16-37(17-14-31)22-29-19-28(33(34(39)40)18-25-11-12-25)21-32(29)27-5-4-6-30(36)20-27/h3-10,20,25,29,31-32H,1,11-19,21-23H2,2H3,(H,39,40)/b33-28-. The number of halogens is 1. The Morgan fingerprint density at radius 3 is 2.48 bits per heavy atom. The molecular formula is C35H43FN2O4. The molecule has 1 heterocycles. The third-order valence-electron chi connectivity index (χ3n) is 9.23. The molecular weight excluding hydrogens is 531 g/mol. The lowest BCUT2D eigenvalue weighted by Gasteiger charge is -2.39. The van der Waals surface area contributed by atoms with Crippen LogP contribution in [0.4, 0.5) is 9.18 Å². The number of hydrogen-bond donors (Lipinski definition) is 1. The topological polar surface area (TPSA) is 70.1 Å². The van der Waals surface area contributed by atoms with Crippen LogP contribution in [0.5, 0.6) is 0 Å². The first kappa shape index (κ1) is 30.0. The number of hydrogen-bond acceptors (Lipinski definition) is 4. The number of amides is 1. The van der Waals surface area contributed by atoms with E-state index in [1.807, 2.05) is 37.3 Å². The molecule has 0 radical (unpaired) electrons. The molecule has 3 fully saturated rings. The summed E-state index contributed by atoms with van der Waals surface area (Å²) in [5.74, 6) is -0.242. The van der Waals surface area contributed by atoms with Gasteiger partial charge in [-0.2, -0.15) is 0 Å². The van der Waals surface area contributed by atoms with Crippen molar-refractivity contribution < 1.29 is 23.8 Å². The van der Waals surface area contributed by atoms with Crippen molar-refractivity contribution in [3.63, 3.8) is 0 Å². The third kappa shape index (κ3) is 7.68. The van der Waals surface area contributed by atoms with Crippen LogP contribution in [0.3, 0.4) is 0 Å². The second-order valence-corrected chi connectivity index (χ2v) is 12.4. The van der Waals surface area contributed by atoms with Gasteiger partial charge in [-0.1, -0.05) is 53.6 Å². The zero-order chi connectivity index (χ0) is 29.6. The molecule has 2 aromatic rings. The van der Waals surface area contributed by atoms with Crippen molar-refractivity contribution in [3.8, 4) is 0 Å². The molecule has 42 heavy (non-hydrogen) atoms. The fourth-order valence-electron chi connectivity index (χ4n) is 6.70. The smallest absolute Gasteiger partial charge is 0.410 e. The van der Waals surface area contributed by atoms with Crippen LogP contribution in [0.25, 0.3) is 0 Å². The van der Waals surface area contributed by atoms with Crippen LogP contribution >= 0.6 is 0 Å². The van der Waals surface area contributed by atoms with Gasteiger partial charge in [0.05, 0.1) is 0 Å². The van der Waals surface area contributed by atoms with Gasteiger partial charge >= 0.3 is 12.1 Å². The van der Waals surface area contributed by atoms with Crippen LogP contribution in [0, 0.1) is 24.6 Å². The van der Waals surface area contributed by atoms with Crippen molar-refractivity contribution in [1.29, 1.82) is 0 Å². The summed E-state index contributed by atoms with van der Waals surface area (Å²) in [5.41, 5.74) is 4.71. The minimum Gasteiger partial charge on any atom is -0.478 e. The number of carbonyl (C=O) groups is 2. The molecule has 7 heteroatoms. The Hall–Kier alpha value is -3.45. The summed E-state index contributed by atoms with van der Waals surface area (Å²) in [6.07, 6.45) is 7.38. The minimum absolute atomic E-state index is 0.0694. The lowest BCUT2D eigenvalue weighted by atomic mass is 9.88. The third-order valence-corrected chi connectivity index (χ3v) is 9.23. The number of rotatable bonds is 11. The number of ether oxygens (including phenoxy) is 1. The number of carboxylic acids is 1. The van der Waals surface area contributed by atoms with Crippen molar-refractivity contribution in [2.24, 2.45) is 11.8 Å². The number of aliphatic carboxylic acids is 1. The van der Waals surface area contributed by atoms with E-state index < -0.39 is 5.97 Å². The van der Waals surface area contributed by atoms with Crippen molar-refractivity contribution in [2.75, 3.05) is 26.2 Å². The van der Waals surface area contributed by atoms with Gasteiger partial charge in [0.15, 0.2) is 0 Å². The summed E-state index contributed by atoms with van der Waals surface area (Å²) >= 11 is 0. The Labute approximate surface area is 248 Å². The first-order chi connectivity index (χ1) is 20.3. The van der Waals surface area contributed by atoms with Crippen molar-refractivity contribution in [2.45, 2.75) is 70.4 Å². The van der Waals surface area contributed by atoms with E-state index in [-0.39, 0.29) is 36.4 Å². The Kier molecular flexibility index (Phi) is 9.78. The number of aryl methyl sites for hydroxylation is 1. The van der Waals surface area contributed by atoms with Crippen LogP contribution in [-0.2, 0) is 16.1 Å². The summed E-state index contributed by atoms with van der Waals surface area (Å²) in [6.45, 7) is 9.06. The molecule has 0 bridgehead atoms. The van der Waals surface area contributed by atoms with E-state index in [9.17, 15) is 19.1 Å². The summed E-state index contributed by atoms with van der Waals surface area (Å²) in [7, 11) is 0. The van der Waals surface area contributed by atoms with Crippen LogP contribution in [-0.4, -0.2) is 59.2 Å². The van der Waals surface area contributed by atoms with Gasteiger partial charge in [0.25, 0.3) is 0 Å². The monoisotopic (exact) mass is 574 g/mol. The van der Waals surface area contributed by atoms with Gasteiger partial charge in [0.1, 0.15) is 12.4 Å². The molecule has 1 N–H and O–H groups in total. The molecule has 1 saturated heterocycles. The molecule has 2 aromatic carbocycles. The highest BCUT2D eigenvalue weighted by atomic mass is 19.1. The molecule has 2 saturated carbocycles. The molecule has 2 atom stereocenters. The number of likely N-dealkylation sites (tertiary alicyclic amines) is 1. The highest BCUT2D eigenvalue weighted by Gasteiger charge is 2.38. The summed E-state index contributed by atoms with van der Waals surface area (Å²) < 4.78 is 19.9. The average Bonchev–Trinajstić information content (AvgIpc) is 3.72. The van der Waals surface area contributed by atoms with E-state index in [1.165, 1.54) is 6.07 Å².